The van der Waals surface area contributed by atoms with Crippen LogP contribution in [0, 0.1) is 0 Å². The van der Waals surface area contributed by atoms with Crippen LogP contribution in [0.4, 0.5) is 18.9 Å². The lowest BCUT2D eigenvalue weighted by Crippen LogP contribution is -2.22. The van der Waals surface area contributed by atoms with Gasteiger partial charge in [0, 0.05) is 6.07 Å². The van der Waals surface area contributed by atoms with Crippen molar-refractivity contribution in [2.75, 3.05) is 0 Å². The molecule has 0 amide bonds. The fraction of sp³-hybridized carbons (Fsp3) is 0.125. The quantitative estimate of drug-likeness (QED) is 0.626. The number of aliphatic imine (C=N–C) groups is 1. The third-order valence-corrected chi connectivity index (χ3v) is 1.71. The largest absolute Gasteiger partial charge is 0.573 e. The minimum absolute atomic E-state index is 0.0462. The standard InChI is InChI=1S/C8H7ClF3N3O/c9-5-3-4(16-8(10,11)12)1-2-6(5)15-7(13)14/h1-3H,(H4,13,14,15). The first-order valence-corrected chi connectivity index (χ1v) is 4.30. The van der Waals surface area contributed by atoms with Gasteiger partial charge in [0.25, 0.3) is 0 Å². The molecule has 4 nitrogen and oxygen atoms in total. The van der Waals surface area contributed by atoms with Gasteiger partial charge in [-0.25, -0.2) is 4.99 Å². The molecule has 4 N–H and O–H groups in total. The Kier molecular flexibility index (Phi) is 3.48. The molecule has 0 radical (unpaired) electrons. The van der Waals surface area contributed by atoms with E-state index < -0.39 is 12.1 Å². The van der Waals surface area contributed by atoms with Crippen molar-refractivity contribution < 1.29 is 17.9 Å². The average molecular weight is 254 g/mol. The van der Waals surface area contributed by atoms with Gasteiger partial charge in [-0.15, -0.1) is 13.2 Å². The van der Waals surface area contributed by atoms with E-state index in [9.17, 15) is 13.2 Å². The van der Waals surface area contributed by atoms with Crippen molar-refractivity contribution in [2.24, 2.45) is 16.5 Å². The smallest absolute Gasteiger partial charge is 0.406 e. The zero-order chi connectivity index (χ0) is 12.3. The monoisotopic (exact) mass is 253 g/mol. The topological polar surface area (TPSA) is 73.6 Å². The number of ether oxygens (including phenoxy) is 1. The molecule has 0 aliphatic rings. The number of rotatable bonds is 2. The van der Waals surface area contributed by atoms with E-state index in [0.29, 0.717) is 0 Å². The third-order valence-electron chi connectivity index (χ3n) is 1.40. The first-order valence-electron chi connectivity index (χ1n) is 3.93. The van der Waals surface area contributed by atoms with Gasteiger partial charge in [-0.1, -0.05) is 11.6 Å². The first-order chi connectivity index (χ1) is 7.28. The summed E-state index contributed by atoms with van der Waals surface area (Å²) in [5, 5.41) is -0.0462. The molecule has 0 bridgehead atoms. The summed E-state index contributed by atoms with van der Waals surface area (Å²) in [5.74, 6) is -0.682. The number of halogens is 4. The lowest BCUT2D eigenvalue weighted by molar-refractivity contribution is -0.274. The first kappa shape index (κ1) is 12.4. The summed E-state index contributed by atoms with van der Waals surface area (Å²) >= 11 is 5.64. The fourth-order valence-corrected chi connectivity index (χ4v) is 1.13. The van der Waals surface area contributed by atoms with Crippen molar-refractivity contribution in [1.29, 1.82) is 0 Å². The molecule has 8 heteroatoms. The molecule has 0 spiro atoms. The average Bonchev–Trinajstić information content (AvgIpc) is 2.06. The molecule has 0 aliphatic heterocycles. The number of alkyl halides is 3. The molecule has 0 saturated carbocycles. The van der Waals surface area contributed by atoms with Gasteiger partial charge >= 0.3 is 6.36 Å². The summed E-state index contributed by atoms with van der Waals surface area (Å²) in [7, 11) is 0. The van der Waals surface area contributed by atoms with Crippen LogP contribution in [-0.2, 0) is 0 Å². The van der Waals surface area contributed by atoms with Crippen LogP contribution >= 0.6 is 11.6 Å². The second-order valence-corrected chi connectivity index (χ2v) is 3.10. The van der Waals surface area contributed by atoms with Crippen molar-refractivity contribution in [2.45, 2.75) is 6.36 Å². The van der Waals surface area contributed by atoms with Crippen LogP contribution in [0.2, 0.25) is 5.02 Å². The number of hydrogen-bond donors (Lipinski definition) is 2. The summed E-state index contributed by atoms with van der Waals surface area (Å²) in [4.78, 5) is 3.60. The number of benzene rings is 1. The SMILES string of the molecule is NC(N)=Nc1ccc(OC(F)(F)F)cc1Cl. The predicted molar refractivity (Wildman–Crippen MR) is 53.6 cm³/mol. The molecule has 0 heterocycles. The Balaban J connectivity index is 2.96. The fourth-order valence-electron chi connectivity index (χ4n) is 0.915. The number of hydrogen-bond acceptors (Lipinski definition) is 2. The van der Waals surface area contributed by atoms with Crippen molar-refractivity contribution >= 4 is 23.2 Å². The van der Waals surface area contributed by atoms with Gasteiger partial charge in [-0.05, 0) is 12.1 Å². The Bertz CT molecular complexity index is 415. The molecule has 0 aromatic heterocycles. The summed E-state index contributed by atoms with van der Waals surface area (Å²) in [6.07, 6.45) is -4.76. The second-order valence-electron chi connectivity index (χ2n) is 2.70. The van der Waals surface area contributed by atoms with Crippen LogP contribution in [0.5, 0.6) is 5.75 Å². The molecule has 0 saturated heterocycles. The highest BCUT2D eigenvalue weighted by Gasteiger charge is 2.31. The third kappa shape index (κ3) is 3.85. The molecule has 0 fully saturated rings. The van der Waals surface area contributed by atoms with Gasteiger partial charge in [-0.3, -0.25) is 0 Å². The van der Waals surface area contributed by atoms with E-state index in [1.165, 1.54) is 6.07 Å². The molecule has 1 aromatic rings. The van der Waals surface area contributed by atoms with Crippen LogP contribution in [0.25, 0.3) is 0 Å². The van der Waals surface area contributed by atoms with Crippen molar-refractivity contribution in [1.82, 2.24) is 0 Å². The van der Waals surface area contributed by atoms with Gasteiger partial charge in [-0.2, -0.15) is 0 Å². The molecular weight excluding hydrogens is 247 g/mol. The predicted octanol–water partition coefficient (Wildman–Crippen LogP) is 2.14. The molecule has 16 heavy (non-hydrogen) atoms. The van der Waals surface area contributed by atoms with Crippen LogP contribution < -0.4 is 16.2 Å². The van der Waals surface area contributed by atoms with Crippen LogP contribution in [0.3, 0.4) is 0 Å². The molecule has 0 unspecified atom stereocenters. The van der Waals surface area contributed by atoms with E-state index in [0.717, 1.165) is 12.1 Å². The number of guanidine groups is 1. The Hall–Kier alpha value is -1.63. The van der Waals surface area contributed by atoms with Crippen LogP contribution in [0.1, 0.15) is 0 Å². The van der Waals surface area contributed by atoms with E-state index in [1.807, 2.05) is 0 Å². The van der Waals surface area contributed by atoms with E-state index in [2.05, 4.69) is 9.73 Å². The van der Waals surface area contributed by atoms with Gasteiger partial charge in [0.1, 0.15) is 5.75 Å². The molecule has 0 atom stereocenters. The van der Waals surface area contributed by atoms with Crippen molar-refractivity contribution in [3.05, 3.63) is 23.2 Å². The van der Waals surface area contributed by atoms with Gasteiger partial charge in [0.2, 0.25) is 0 Å². The van der Waals surface area contributed by atoms with E-state index in [1.54, 1.807) is 0 Å². The minimum Gasteiger partial charge on any atom is -0.406 e. The van der Waals surface area contributed by atoms with Gasteiger partial charge < -0.3 is 16.2 Å². The maximum absolute atomic E-state index is 11.9. The van der Waals surface area contributed by atoms with Crippen LogP contribution in [0.15, 0.2) is 23.2 Å². The van der Waals surface area contributed by atoms with Gasteiger partial charge in [0.05, 0.1) is 10.7 Å². The highest BCUT2D eigenvalue weighted by Crippen LogP contribution is 2.31. The highest BCUT2D eigenvalue weighted by molar-refractivity contribution is 6.33. The van der Waals surface area contributed by atoms with Crippen LogP contribution in [-0.4, -0.2) is 12.3 Å². The zero-order valence-electron chi connectivity index (χ0n) is 7.75. The maximum Gasteiger partial charge on any atom is 0.573 e. The van der Waals surface area contributed by atoms with Crippen molar-refractivity contribution in [3.8, 4) is 5.75 Å². The minimum atomic E-state index is -4.76. The molecular formula is C8H7ClF3N3O. The Morgan fingerprint density at radius 1 is 1.31 bits per heavy atom. The van der Waals surface area contributed by atoms with Crippen molar-refractivity contribution in [3.63, 3.8) is 0 Å². The second kappa shape index (κ2) is 4.48. The Morgan fingerprint density at radius 2 is 1.94 bits per heavy atom. The molecule has 1 aromatic carbocycles. The summed E-state index contributed by atoms with van der Waals surface area (Å²) < 4.78 is 39.2. The zero-order valence-corrected chi connectivity index (χ0v) is 8.51. The number of nitrogens with zero attached hydrogens (tertiary/aromatic N) is 1. The van der Waals surface area contributed by atoms with E-state index in [4.69, 9.17) is 23.1 Å². The maximum atomic E-state index is 11.9. The summed E-state index contributed by atoms with van der Waals surface area (Å²) in [6, 6.07) is 3.24. The van der Waals surface area contributed by atoms with E-state index >= 15 is 0 Å². The number of nitrogens with two attached hydrogens (primary N) is 2. The summed E-state index contributed by atoms with van der Waals surface area (Å²) in [5.41, 5.74) is 10.3. The molecule has 88 valence electrons. The lowest BCUT2D eigenvalue weighted by Gasteiger charge is -2.09. The lowest BCUT2D eigenvalue weighted by atomic mass is 10.3. The Morgan fingerprint density at radius 3 is 2.38 bits per heavy atom. The Labute approximate surface area is 93.6 Å². The molecule has 1 rings (SSSR count). The summed E-state index contributed by atoms with van der Waals surface area (Å²) in [6.45, 7) is 0. The van der Waals surface area contributed by atoms with E-state index in [-0.39, 0.29) is 16.7 Å². The highest BCUT2D eigenvalue weighted by atomic mass is 35.5. The van der Waals surface area contributed by atoms with Gasteiger partial charge in [0.15, 0.2) is 5.96 Å². The normalized spacial score (nSPS) is 11.0. The molecule has 0 aliphatic carbocycles.